The zero-order valence-electron chi connectivity index (χ0n) is 10.8. The van der Waals surface area contributed by atoms with E-state index in [1.54, 1.807) is 11.3 Å². The third-order valence-corrected chi connectivity index (χ3v) is 4.50. The number of aryl methyl sites for hydroxylation is 1. The van der Waals surface area contributed by atoms with Gasteiger partial charge in [0, 0.05) is 18.8 Å². The molecule has 0 bridgehead atoms. The Morgan fingerprint density at radius 3 is 2.89 bits per heavy atom. The standard InChI is InChI=1S/C14H18N2OS/c1-10-3-4-12-11(9-10)15-13(18-12)16-14(2)5-7-17-8-6-14/h3-4,9H,5-8H2,1-2H3,(H,15,16). The van der Waals surface area contributed by atoms with Gasteiger partial charge in [-0.15, -0.1) is 0 Å². The summed E-state index contributed by atoms with van der Waals surface area (Å²) in [7, 11) is 0. The highest BCUT2D eigenvalue weighted by atomic mass is 32.1. The van der Waals surface area contributed by atoms with Crippen LogP contribution in [0, 0.1) is 6.92 Å². The SMILES string of the molecule is Cc1ccc2sc(NC3(C)CCOCC3)nc2c1. The van der Waals surface area contributed by atoms with Crippen LogP contribution in [0.5, 0.6) is 0 Å². The van der Waals surface area contributed by atoms with Gasteiger partial charge in [-0.3, -0.25) is 0 Å². The van der Waals surface area contributed by atoms with Gasteiger partial charge in [-0.1, -0.05) is 17.4 Å². The van der Waals surface area contributed by atoms with E-state index in [0.29, 0.717) is 0 Å². The average molecular weight is 262 g/mol. The van der Waals surface area contributed by atoms with Crippen LogP contribution in [0.15, 0.2) is 18.2 Å². The molecule has 4 heteroatoms. The van der Waals surface area contributed by atoms with E-state index in [4.69, 9.17) is 4.74 Å². The molecule has 0 radical (unpaired) electrons. The minimum Gasteiger partial charge on any atom is -0.381 e. The summed E-state index contributed by atoms with van der Waals surface area (Å²) in [5.41, 5.74) is 2.48. The first kappa shape index (κ1) is 11.9. The zero-order chi connectivity index (χ0) is 12.6. The maximum atomic E-state index is 5.42. The molecule has 3 rings (SSSR count). The van der Waals surface area contributed by atoms with Gasteiger partial charge in [-0.2, -0.15) is 0 Å². The lowest BCUT2D eigenvalue weighted by Crippen LogP contribution is -2.40. The van der Waals surface area contributed by atoms with Gasteiger partial charge < -0.3 is 10.1 Å². The average Bonchev–Trinajstić information content (AvgIpc) is 2.70. The number of hydrogen-bond donors (Lipinski definition) is 1. The van der Waals surface area contributed by atoms with Crippen molar-refractivity contribution in [2.45, 2.75) is 32.2 Å². The van der Waals surface area contributed by atoms with Crippen LogP contribution in [-0.4, -0.2) is 23.7 Å². The number of ether oxygens (including phenoxy) is 1. The molecule has 3 nitrogen and oxygen atoms in total. The van der Waals surface area contributed by atoms with E-state index >= 15 is 0 Å². The van der Waals surface area contributed by atoms with Crippen LogP contribution in [0.2, 0.25) is 0 Å². The van der Waals surface area contributed by atoms with Crippen molar-refractivity contribution in [3.8, 4) is 0 Å². The molecule has 1 aromatic heterocycles. The summed E-state index contributed by atoms with van der Waals surface area (Å²) in [5.74, 6) is 0. The Bertz CT molecular complexity index is 558. The molecule has 0 saturated carbocycles. The van der Waals surface area contributed by atoms with E-state index in [1.165, 1.54) is 10.3 Å². The minimum absolute atomic E-state index is 0.126. The first-order valence-corrected chi connectivity index (χ1v) is 7.19. The number of nitrogens with zero attached hydrogens (tertiary/aromatic N) is 1. The minimum atomic E-state index is 0.126. The number of nitrogens with one attached hydrogen (secondary N) is 1. The highest BCUT2D eigenvalue weighted by Crippen LogP contribution is 2.31. The van der Waals surface area contributed by atoms with E-state index < -0.39 is 0 Å². The van der Waals surface area contributed by atoms with Gasteiger partial charge in [0.2, 0.25) is 0 Å². The number of anilines is 1. The third kappa shape index (κ3) is 2.35. The van der Waals surface area contributed by atoms with E-state index in [1.807, 2.05) is 0 Å². The summed E-state index contributed by atoms with van der Waals surface area (Å²) in [4.78, 5) is 4.68. The second-order valence-electron chi connectivity index (χ2n) is 5.29. The second-order valence-corrected chi connectivity index (χ2v) is 6.32. The molecule has 0 aliphatic carbocycles. The molecule has 1 saturated heterocycles. The summed E-state index contributed by atoms with van der Waals surface area (Å²) in [6.07, 6.45) is 2.09. The van der Waals surface area contributed by atoms with Crippen molar-refractivity contribution in [3.63, 3.8) is 0 Å². The van der Waals surface area contributed by atoms with Crippen molar-refractivity contribution < 1.29 is 4.74 Å². The van der Waals surface area contributed by atoms with Crippen LogP contribution >= 0.6 is 11.3 Å². The quantitative estimate of drug-likeness (QED) is 0.898. The fraction of sp³-hybridized carbons (Fsp3) is 0.500. The molecule has 96 valence electrons. The molecular weight excluding hydrogens is 244 g/mol. The van der Waals surface area contributed by atoms with Crippen LogP contribution in [0.25, 0.3) is 10.2 Å². The molecule has 2 aromatic rings. The highest BCUT2D eigenvalue weighted by Gasteiger charge is 2.27. The predicted octanol–water partition coefficient (Wildman–Crippen LogP) is 3.59. The number of benzene rings is 1. The smallest absolute Gasteiger partial charge is 0.184 e. The van der Waals surface area contributed by atoms with Gasteiger partial charge in [-0.25, -0.2) is 4.98 Å². The van der Waals surface area contributed by atoms with Crippen molar-refractivity contribution >= 4 is 26.7 Å². The first-order valence-electron chi connectivity index (χ1n) is 6.38. The fourth-order valence-corrected chi connectivity index (χ4v) is 3.29. The molecule has 2 heterocycles. The Kier molecular flexibility index (Phi) is 2.99. The second kappa shape index (κ2) is 4.52. The maximum Gasteiger partial charge on any atom is 0.184 e. The largest absolute Gasteiger partial charge is 0.381 e. The van der Waals surface area contributed by atoms with Gasteiger partial charge in [0.15, 0.2) is 5.13 Å². The van der Waals surface area contributed by atoms with Gasteiger partial charge in [0.05, 0.1) is 10.2 Å². The maximum absolute atomic E-state index is 5.42. The van der Waals surface area contributed by atoms with Crippen molar-refractivity contribution in [3.05, 3.63) is 23.8 Å². The molecular formula is C14H18N2OS. The van der Waals surface area contributed by atoms with Gasteiger partial charge >= 0.3 is 0 Å². The summed E-state index contributed by atoms with van der Waals surface area (Å²) in [6.45, 7) is 6.04. The van der Waals surface area contributed by atoms with E-state index in [2.05, 4.69) is 42.3 Å². The van der Waals surface area contributed by atoms with Gasteiger partial charge in [0.1, 0.15) is 0 Å². The predicted molar refractivity (Wildman–Crippen MR) is 76.4 cm³/mol. The number of thiazole rings is 1. The molecule has 0 unspecified atom stereocenters. The number of rotatable bonds is 2. The van der Waals surface area contributed by atoms with Crippen LogP contribution in [0.1, 0.15) is 25.3 Å². The van der Waals surface area contributed by atoms with Gasteiger partial charge in [0.25, 0.3) is 0 Å². The third-order valence-electron chi connectivity index (χ3n) is 3.55. The van der Waals surface area contributed by atoms with Crippen molar-refractivity contribution in [1.29, 1.82) is 0 Å². The summed E-state index contributed by atoms with van der Waals surface area (Å²) >= 11 is 1.74. The van der Waals surface area contributed by atoms with Crippen LogP contribution in [-0.2, 0) is 4.74 Å². The van der Waals surface area contributed by atoms with Gasteiger partial charge in [-0.05, 0) is 44.4 Å². The van der Waals surface area contributed by atoms with Crippen molar-refractivity contribution in [2.24, 2.45) is 0 Å². The van der Waals surface area contributed by atoms with Crippen LogP contribution in [0.3, 0.4) is 0 Å². The molecule has 18 heavy (non-hydrogen) atoms. The Labute approximate surface area is 111 Å². The molecule has 0 amide bonds. The van der Waals surface area contributed by atoms with Crippen molar-refractivity contribution in [1.82, 2.24) is 4.98 Å². The Balaban J connectivity index is 1.86. The van der Waals surface area contributed by atoms with Crippen LogP contribution in [0.4, 0.5) is 5.13 Å². The Hall–Kier alpha value is -1.13. The van der Waals surface area contributed by atoms with Crippen LogP contribution < -0.4 is 5.32 Å². The number of fused-ring (bicyclic) bond motifs is 1. The summed E-state index contributed by atoms with van der Waals surface area (Å²) < 4.78 is 6.67. The lowest BCUT2D eigenvalue weighted by Gasteiger charge is -2.34. The van der Waals surface area contributed by atoms with Crippen molar-refractivity contribution in [2.75, 3.05) is 18.5 Å². The lowest BCUT2D eigenvalue weighted by atomic mass is 9.93. The van der Waals surface area contributed by atoms with E-state index in [-0.39, 0.29) is 5.54 Å². The Morgan fingerprint density at radius 1 is 1.33 bits per heavy atom. The summed E-state index contributed by atoms with van der Waals surface area (Å²) in [5, 5.41) is 4.62. The molecule has 1 aliphatic heterocycles. The fourth-order valence-electron chi connectivity index (χ4n) is 2.30. The molecule has 0 atom stereocenters. The summed E-state index contributed by atoms with van der Waals surface area (Å²) in [6, 6.07) is 6.43. The molecule has 0 spiro atoms. The molecule has 1 N–H and O–H groups in total. The lowest BCUT2D eigenvalue weighted by molar-refractivity contribution is 0.0658. The van der Waals surface area contributed by atoms with E-state index in [0.717, 1.165) is 36.7 Å². The molecule has 1 aromatic carbocycles. The first-order chi connectivity index (χ1) is 8.65. The normalized spacial score (nSPS) is 19.0. The molecule has 1 aliphatic rings. The highest BCUT2D eigenvalue weighted by molar-refractivity contribution is 7.22. The zero-order valence-corrected chi connectivity index (χ0v) is 11.6. The Morgan fingerprint density at radius 2 is 2.11 bits per heavy atom. The topological polar surface area (TPSA) is 34.1 Å². The number of hydrogen-bond acceptors (Lipinski definition) is 4. The monoisotopic (exact) mass is 262 g/mol. The number of aromatic nitrogens is 1. The molecule has 1 fully saturated rings. The van der Waals surface area contributed by atoms with E-state index in [9.17, 15) is 0 Å².